The second-order valence-corrected chi connectivity index (χ2v) is 10.4. The van der Waals surface area contributed by atoms with Crippen LogP contribution in [-0.2, 0) is 20.6 Å². The zero-order chi connectivity index (χ0) is 24.4. The monoisotopic (exact) mass is 494 g/mol. The van der Waals surface area contributed by atoms with Crippen LogP contribution in [0.15, 0.2) is 72.8 Å². The molecule has 0 radical (unpaired) electrons. The Bertz CT molecular complexity index is 1330. The molecule has 0 aliphatic carbocycles. The molecule has 2 aliphatic rings. The standard InChI is InChI=1S/C26H26N2O6S/c1-18(20-11-12-23-24(15-20)33-14-13-32-23)27-26(29)25-16-28(21-9-5-6-10-22(21)34-25)35(30,31)17-19-7-3-2-4-8-19/h2-12,15,18,25H,13-14,16-17H2,1H3,(H,27,29). The molecule has 0 saturated carbocycles. The van der Waals surface area contributed by atoms with Gasteiger partial charge in [0.2, 0.25) is 10.0 Å². The van der Waals surface area contributed by atoms with Gasteiger partial charge in [0.1, 0.15) is 19.0 Å². The number of benzene rings is 3. The number of carbonyl (C=O) groups is 1. The van der Waals surface area contributed by atoms with E-state index in [-0.39, 0.29) is 18.3 Å². The number of carbonyl (C=O) groups excluding carboxylic acids is 1. The van der Waals surface area contributed by atoms with Gasteiger partial charge >= 0.3 is 0 Å². The van der Waals surface area contributed by atoms with Gasteiger partial charge in [0.15, 0.2) is 17.6 Å². The van der Waals surface area contributed by atoms with Crippen LogP contribution in [0.1, 0.15) is 24.1 Å². The lowest BCUT2D eigenvalue weighted by Gasteiger charge is -2.35. The van der Waals surface area contributed by atoms with E-state index in [9.17, 15) is 13.2 Å². The molecule has 0 bridgehead atoms. The summed E-state index contributed by atoms with van der Waals surface area (Å²) in [5.74, 6) is 1.08. The molecule has 1 N–H and O–H groups in total. The minimum absolute atomic E-state index is 0.119. The number of amides is 1. The summed E-state index contributed by atoms with van der Waals surface area (Å²) in [5, 5.41) is 2.94. The van der Waals surface area contributed by atoms with E-state index in [1.165, 1.54) is 4.31 Å². The van der Waals surface area contributed by atoms with Crippen molar-refractivity contribution in [1.82, 2.24) is 5.32 Å². The van der Waals surface area contributed by atoms with Crippen molar-refractivity contribution in [3.8, 4) is 17.2 Å². The number of sulfonamides is 1. The molecule has 2 unspecified atom stereocenters. The van der Waals surface area contributed by atoms with Crippen LogP contribution in [0.5, 0.6) is 17.2 Å². The van der Waals surface area contributed by atoms with Crippen molar-refractivity contribution in [2.45, 2.75) is 24.8 Å². The van der Waals surface area contributed by atoms with Crippen LogP contribution in [-0.4, -0.2) is 40.2 Å². The summed E-state index contributed by atoms with van der Waals surface area (Å²) in [6, 6.07) is 21.0. The lowest BCUT2D eigenvalue weighted by Crippen LogP contribution is -2.51. The molecule has 9 heteroatoms. The Labute approximate surface area is 204 Å². The van der Waals surface area contributed by atoms with Gasteiger partial charge < -0.3 is 19.5 Å². The Morgan fingerprint density at radius 2 is 1.69 bits per heavy atom. The third-order valence-corrected chi connectivity index (χ3v) is 7.70. The Morgan fingerprint density at radius 1 is 0.971 bits per heavy atom. The molecule has 2 atom stereocenters. The maximum atomic E-state index is 13.4. The van der Waals surface area contributed by atoms with Crippen LogP contribution in [0.4, 0.5) is 5.69 Å². The van der Waals surface area contributed by atoms with E-state index in [4.69, 9.17) is 14.2 Å². The Hall–Kier alpha value is -3.72. The highest BCUT2D eigenvalue weighted by molar-refractivity contribution is 7.92. The van der Waals surface area contributed by atoms with Crippen molar-refractivity contribution < 1.29 is 27.4 Å². The number of anilines is 1. The molecule has 182 valence electrons. The highest BCUT2D eigenvalue weighted by Crippen LogP contribution is 2.36. The van der Waals surface area contributed by atoms with Gasteiger partial charge in [-0.2, -0.15) is 0 Å². The third-order valence-electron chi connectivity index (χ3n) is 5.98. The van der Waals surface area contributed by atoms with Crippen molar-refractivity contribution in [1.29, 1.82) is 0 Å². The molecule has 0 aromatic heterocycles. The molecule has 5 rings (SSSR count). The Balaban J connectivity index is 1.35. The largest absolute Gasteiger partial charge is 0.486 e. The van der Waals surface area contributed by atoms with Gasteiger partial charge in [0.25, 0.3) is 5.91 Å². The van der Waals surface area contributed by atoms with Gasteiger partial charge in [-0.05, 0) is 42.3 Å². The number of fused-ring (bicyclic) bond motifs is 2. The van der Waals surface area contributed by atoms with Gasteiger partial charge in [-0.3, -0.25) is 9.10 Å². The first-order valence-electron chi connectivity index (χ1n) is 11.4. The van der Waals surface area contributed by atoms with Gasteiger partial charge in [-0.1, -0.05) is 48.5 Å². The Morgan fingerprint density at radius 3 is 2.49 bits per heavy atom. The lowest BCUT2D eigenvalue weighted by atomic mass is 10.1. The predicted molar refractivity (Wildman–Crippen MR) is 131 cm³/mol. The van der Waals surface area contributed by atoms with Crippen molar-refractivity contribution in [3.63, 3.8) is 0 Å². The molecular formula is C26H26N2O6S. The van der Waals surface area contributed by atoms with E-state index in [1.807, 2.05) is 31.2 Å². The molecule has 35 heavy (non-hydrogen) atoms. The topological polar surface area (TPSA) is 94.2 Å². The highest BCUT2D eigenvalue weighted by atomic mass is 32.2. The van der Waals surface area contributed by atoms with Crippen LogP contribution in [0.3, 0.4) is 0 Å². The smallest absolute Gasteiger partial charge is 0.263 e. The van der Waals surface area contributed by atoms with Crippen molar-refractivity contribution >= 4 is 21.6 Å². The molecular weight excluding hydrogens is 468 g/mol. The zero-order valence-corrected chi connectivity index (χ0v) is 20.0. The first-order valence-corrected chi connectivity index (χ1v) is 13.0. The minimum Gasteiger partial charge on any atom is -0.486 e. The second kappa shape index (κ2) is 9.50. The maximum Gasteiger partial charge on any atom is 0.263 e. The summed E-state index contributed by atoms with van der Waals surface area (Å²) in [4.78, 5) is 13.2. The molecule has 3 aromatic rings. The first-order chi connectivity index (χ1) is 16.9. The van der Waals surface area contributed by atoms with E-state index in [1.54, 1.807) is 48.5 Å². The number of hydrogen-bond donors (Lipinski definition) is 1. The van der Waals surface area contributed by atoms with Crippen LogP contribution < -0.4 is 23.8 Å². The molecule has 2 heterocycles. The predicted octanol–water partition coefficient (Wildman–Crippen LogP) is 3.43. The van der Waals surface area contributed by atoms with Gasteiger partial charge in [0.05, 0.1) is 24.0 Å². The SMILES string of the molecule is CC(NC(=O)C1CN(S(=O)(=O)Cc2ccccc2)c2ccccc2O1)c1ccc2c(c1)OCCO2. The summed E-state index contributed by atoms with van der Waals surface area (Å²) < 4.78 is 45.2. The second-order valence-electron chi connectivity index (χ2n) is 8.48. The molecule has 8 nitrogen and oxygen atoms in total. The molecule has 1 amide bonds. The number of hydrogen-bond acceptors (Lipinski definition) is 6. The summed E-state index contributed by atoms with van der Waals surface area (Å²) in [6.45, 7) is 2.71. The normalized spacial score (nSPS) is 17.6. The average molecular weight is 495 g/mol. The van der Waals surface area contributed by atoms with Crippen LogP contribution in [0, 0.1) is 0 Å². The Kier molecular flexibility index (Phi) is 6.25. The van der Waals surface area contributed by atoms with Crippen molar-refractivity contribution in [3.05, 3.63) is 83.9 Å². The summed E-state index contributed by atoms with van der Waals surface area (Å²) in [7, 11) is -3.76. The number of rotatable bonds is 6. The number of nitrogens with zero attached hydrogens (tertiary/aromatic N) is 1. The summed E-state index contributed by atoms with van der Waals surface area (Å²) >= 11 is 0. The fourth-order valence-electron chi connectivity index (χ4n) is 4.18. The van der Waals surface area contributed by atoms with Gasteiger partial charge in [-0.15, -0.1) is 0 Å². The summed E-state index contributed by atoms with van der Waals surface area (Å²) in [6.07, 6.45) is -1.00. The fourth-order valence-corrected chi connectivity index (χ4v) is 5.77. The van der Waals surface area contributed by atoms with Crippen LogP contribution in [0.25, 0.3) is 0 Å². The minimum atomic E-state index is -3.76. The maximum absolute atomic E-state index is 13.4. The lowest BCUT2D eigenvalue weighted by molar-refractivity contribution is -0.128. The molecule has 0 spiro atoms. The third kappa shape index (κ3) is 4.90. The van der Waals surface area contributed by atoms with E-state index < -0.39 is 22.0 Å². The first kappa shape index (κ1) is 23.0. The number of para-hydroxylation sites is 2. The zero-order valence-electron chi connectivity index (χ0n) is 19.2. The molecule has 0 fully saturated rings. The average Bonchev–Trinajstić information content (AvgIpc) is 2.88. The van der Waals surface area contributed by atoms with Crippen molar-refractivity contribution in [2.75, 3.05) is 24.1 Å². The van der Waals surface area contributed by atoms with Gasteiger partial charge in [-0.25, -0.2) is 8.42 Å². The van der Waals surface area contributed by atoms with E-state index in [0.717, 1.165) is 5.56 Å². The van der Waals surface area contributed by atoms with Crippen LogP contribution >= 0.6 is 0 Å². The molecule has 3 aromatic carbocycles. The van der Waals surface area contributed by atoms with Crippen molar-refractivity contribution in [2.24, 2.45) is 0 Å². The van der Waals surface area contributed by atoms with Crippen LogP contribution in [0.2, 0.25) is 0 Å². The quantitative estimate of drug-likeness (QED) is 0.564. The highest BCUT2D eigenvalue weighted by Gasteiger charge is 2.37. The number of ether oxygens (including phenoxy) is 3. The van der Waals surface area contributed by atoms with E-state index in [2.05, 4.69) is 5.32 Å². The number of nitrogens with one attached hydrogen (secondary N) is 1. The van der Waals surface area contributed by atoms with E-state index >= 15 is 0 Å². The summed E-state index contributed by atoms with van der Waals surface area (Å²) in [5.41, 5.74) is 1.93. The van der Waals surface area contributed by atoms with E-state index in [0.29, 0.717) is 41.7 Å². The molecule has 2 aliphatic heterocycles. The fraction of sp³-hybridized carbons (Fsp3) is 0.269. The van der Waals surface area contributed by atoms with Gasteiger partial charge in [0, 0.05) is 0 Å². The molecule has 0 saturated heterocycles.